The summed E-state index contributed by atoms with van der Waals surface area (Å²) in [4.78, 5) is 47.1. The fraction of sp³-hybridized carbons (Fsp3) is 0.522. The van der Waals surface area contributed by atoms with Gasteiger partial charge in [0.2, 0.25) is 5.95 Å². The van der Waals surface area contributed by atoms with Gasteiger partial charge in [-0.05, 0) is 50.8 Å². The SMILES string of the molecule is Cc1cc(C)n(C)c(=O)c1C(=O)N1CCC[C@@]2(C1)CN(c1ncccn1)CC[C@@H]2O.O=CO. The normalized spacial score (nSPS) is 22.5. The summed E-state index contributed by atoms with van der Waals surface area (Å²) in [7, 11) is 1.69. The molecule has 2 aliphatic rings. The molecule has 2 N–H and O–H groups in total. The number of carboxylic acid groups (broad SMARTS) is 1. The van der Waals surface area contributed by atoms with E-state index in [-0.39, 0.29) is 23.5 Å². The Balaban J connectivity index is 0.000000968. The van der Waals surface area contributed by atoms with Gasteiger partial charge in [-0.25, -0.2) is 9.97 Å². The first-order valence-corrected chi connectivity index (χ1v) is 11.0. The lowest BCUT2D eigenvalue weighted by atomic mass is 9.71. The Labute approximate surface area is 192 Å². The molecule has 0 saturated carbocycles. The van der Waals surface area contributed by atoms with Crippen molar-refractivity contribution >= 4 is 18.3 Å². The van der Waals surface area contributed by atoms with E-state index in [0.717, 1.165) is 18.5 Å². The maximum absolute atomic E-state index is 13.4. The van der Waals surface area contributed by atoms with Gasteiger partial charge in [-0.2, -0.15) is 0 Å². The summed E-state index contributed by atoms with van der Waals surface area (Å²) in [5.41, 5.74) is 1.04. The molecule has 2 atom stereocenters. The van der Waals surface area contributed by atoms with Crippen molar-refractivity contribution < 1.29 is 19.8 Å². The lowest BCUT2D eigenvalue weighted by Gasteiger charge is -2.51. The number of amides is 1. The monoisotopic (exact) mass is 457 g/mol. The number of aryl methyl sites for hydroxylation is 2. The van der Waals surface area contributed by atoms with E-state index in [1.807, 2.05) is 19.9 Å². The van der Waals surface area contributed by atoms with Crippen molar-refractivity contribution in [3.05, 3.63) is 51.7 Å². The van der Waals surface area contributed by atoms with Gasteiger partial charge < -0.3 is 24.6 Å². The van der Waals surface area contributed by atoms with Gasteiger partial charge >= 0.3 is 0 Å². The van der Waals surface area contributed by atoms with Crippen molar-refractivity contribution in [3.63, 3.8) is 0 Å². The van der Waals surface area contributed by atoms with E-state index < -0.39 is 11.5 Å². The van der Waals surface area contributed by atoms with Gasteiger partial charge in [-0.3, -0.25) is 14.4 Å². The second kappa shape index (κ2) is 10.1. The third-order valence-corrected chi connectivity index (χ3v) is 6.70. The average molecular weight is 458 g/mol. The zero-order valence-corrected chi connectivity index (χ0v) is 19.3. The largest absolute Gasteiger partial charge is 0.483 e. The van der Waals surface area contributed by atoms with Crippen LogP contribution in [0.2, 0.25) is 0 Å². The maximum Gasteiger partial charge on any atom is 0.290 e. The smallest absolute Gasteiger partial charge is 0.290 e. The quantitative estimate of drug-likeness (QED) is 0.639. The van der Waals surface area contributed by atoms with E-state index in [1.165, 1.54) is 4.57 Å². The van der Waals surface area contributed by atoms with Crippen LogP contribution in [0.25, 0.3) is 0 Å². The van der Waals surface area contributed by atoms with Crippen LogP contribution in [0.5, 0.6) is 0 Å². The molecule has 2 aromatic heterocycles. The highest BCUT2D eigenvalue weighted by Gasteiger charge is 2.47. The number of carbonyl (C=O) groups is 2. The van der Waals surface area contributed by atoms with Crippen LogP contribution in [-0.4, -0.2) is 74.3 Å². The molecule has 2 saturated heterocycles. The van der Waals surface area contributed by atoms with Crippen LogP contribution in [0.4, 0.5) is 5.95 Å². The molecule has 2 aliphatic heterocycles. The molecule has 2 fully saturated rings. The highest BCUT2D eigenvalue weighted by Crippen LogP contribution is 2.40. The van der Waals surface area contributed by atoms with Crippen LogP contribution in [0.3, 0.4) is 0 Å². The lowest BCUT2D eigenvalue weighted by molar-refractivity contribution is -0.122. The summed E-state index contributed by atoms with van der Waals surface area (Å²) in [6, 6.07) is 3.65. The number of rotatable bonds is 2. The molecule has 1 spiro atoms. The molecular weight excluding hydrogens is 426 g/mol. The van der Waals surface area contributed by atoms with Crippen LogP contribution in [0, 0.1) is 19.3 Å². The molecule has 2 aromatic rings. The highest BCUT2D eigenvalue weighted by atomic mass is 16.3. The third-order valence-electron chi connectivity index (χ3n) is 6.70. The number of aliphatic hydroxyl groups is 1. The minimum atomic E-state index is -0.505. The van der Waals surface area contributed by atoms with Crippen molar-refractivity contribution in [1.29, 1.82) is 0 Å². The van der Waals surface area contributed by atoms with Crippen LogP contribution in [-0.2, 0) is 11.8 Å². The first-order valence-electron chi connectivity index (χ1n) is 11.0. The van der Waals surface area contributed by atoms with E-state index in [2.05, 4.69) is 14.9 Å². The minimum Gasteiger partial charge on any atom is -0.483 e. The summed E-state index contributed by atoms with van der Waals surface area (Å²) >= 11 is 0. The molecule has 0 aliphatic carbocycles. The Bertz CT molecular complexity index is 1060. The van der Waals surface area contributed by atoms with Crippen LogP contribution in [0.15, 0.2) is 29.3 Å². The predicted molar refractivity (Wildman–Crippen MR) is 122 cm³/mol. The standard InChI is InChI=1S/C22H29N5O3.CH2O2/c1-15-12-16(2)25(3)19(29)18(15)20(30)26-10-4-7-22(13-26)14-27(11-6-17(22)28)21-23-8-5-9-24-21;2-1-3/h5,8-9,12,17,28H,4,6-7,10-11,13-14H2,1-3H3;1H,(H,2,3)/t17-,22+;/m0./s1. The van der Waals surface area contributed by atoms with Crippen molar-refractivity contribution in [2.75, 3.05) is 31.1 Å². The number of piperidine rings is 2. The molecule has 0 radical (unpaired) electrons. The fourth-order valence-electron chi connectivity index (χ4n) is 4.91. The first-order chi connectivity index (χ1) is 15.7. The fourth-order valence-corrected chi connectivity index (χ4v) is 4.91. The Morgan fingerprint density at radius 3 is 2.55 bits per heavy atom. The Hall–Kier alpha value is -3.27. The Morgan fingerprint density at radius 2 is 1.88 bits per heavy atom. The van der Waals surface area contributed by atoms with Gasteiger partial charge in [0.1, 0.15) is 5.56 Å². The van der Waals surface area contributed by atoms with E-state index in [9.17, 15) is 14.7 Å². The van der Waals surface area contributed by atoms with Gasteiger partial charge in [-0.15, -0.1) is 0 Å². The minimum absolute atomic E-state index is 0.230. The van der Waals surface area contributed by atoms with E-state index in [0.29, 0.717) is 44.1 Å². The number of hydrogen-bond acceptors (Lipinski definition) is 7. The molecule has 0 bridgehead atoms. The van der Waals surface area contributed by atoms with Gasteiger partial charge in [-0.1, -0.05) is 0 Å². The Kier molecular flexibility index (Phi) is 7.47. The number of hydrogen-bond donors (Lipinski definition) is 2. The highest BCUT2D eigenvalue weighted by molar-refractivity contribution is 5.95. The van der Waals surface area contributed by atoms with Gasteiger partial charge in [0.15, 0.2) is 0 Å². The molecule has 0 aromatic carbocycles. The van der Waals surface area contributed by atoms with Gasteiger partial charge in [0.05, 0.1) is 6.10 Å². The molecular formula is C23H31N5O5. The van der Waals surface area contributed by atoms with E-state index >= 15 is 0 Å². The molecule has 10 heteroatoms. The summed E-state index contributed by atoms with van der Waals surface area (Å²) in [5.74, 6) is 0.405. The molecule has 178 valence electrons. The molecule has 1 amide bonds. The number of aliphatic hydroxyl groups excluding tert-OH is 1. The Morgan fingerprint density at radius 1 is 1.21 bits per heavy atom. The predicted octanol–water partition coefficient (Wildman–Crippen LogP) is 0.987. The third kappa shape index (κ3) is 4.90. The van der Waals surface area contributed by atoms with Crippen LogP contribution < -0.4 is 10.5 Å². The maximum atomic E-state index is 13.4. The number of likely N-dealkylation sites (tertiary alicyclic amines) is 1. The van der Waals surface area contributed by atoms with Crippen LogP contribution >= 0.6 is 0 Å². The van der Waals surface area contributed by atoms with Gasteiger partial charge in [0, 0.05) is 56.7 Å². The molecule has 4 heterocycles. The number of anilines is 1. The topological polar surface area (TPSA) is 129 Å². The number of aromatic nitrogens is 3. The summed E-state index contributed by atoms with van der Waals surface area (Å²) < 4.78 is 1.52. The second-order valence-electron chi connectivity index (χ2n) is 8.78. The summed E-state index contributed by atoms with van der Waals surface area (Å²) in [6.07, 6.45) is 5.14. The van der Waals surface area contributed by atoms with Crippen molar-refractivity contribution in [2.24, 2.45) is 12.5 Å². The first kappa shape index (κ1) is 24.4. The van der Waals surface area contributed by atoms with Gasteiger partial charge in [0.25, 0.3) is 17.9 Å². The second-order valence-corrected chi connectivity index (χ2v) is 8.78. The van der Waals surface area contributed by atoms with Crippen LogP contribution in [0.1, 0.15) is 40.9 Å². The summed E-state index contributed by atoms with van der Waals surface area (Å²) in [5, 5.41) is 17.8. The summed E-state index contributed by atoms with van der Waals surface area (Å²) in [6.45, 7) is 5.70. The van der Waals surface area contributed by atoms with Crippen molar-refractivity contribution in [3.8, 4) is 0 Å². The van der Waals surface area contributed by atoms with E-state index in [4.69, 9.17) is 9.90 Å². The molecule has 10 nitrogen and oxygen atoms in total. The molecule has 33 heavy (non-hydrogen) atoms. The molecule has 0 unspecified atom stereocenters. The van der Waals surface area contributed by atoms with E-state index in [1.54, 1.807) is 30.4 Å². The number of carbonyl (C=O) groups excluding carboxylic acids is 1. The zero-order valence-electron chi connectivity index (χ0n) is 19.3. The average Bonchev–Trinajstić information content (AvgIpc) is 2.81. The van der Waals surface area contributed by atoms with Crippen molar-refractivity contribution in [1.82, 2.24) is 19.4 Å². The lowest BCUT2D eigenvalue weighted by Crippen LogP contribution is -2.60. The molecule has 4 rings (SSSR count). The number of pyridine rings is 1. The van der Waals surface area contributed by atoms with Crippen molar-refractivity contribution in [2.45, 2.75) is 39.2 Å². The number of nitrogens with zero attached hydrogens (tertiary/aromatic N) is 5. The zero-order chi connectivity index (χ0) is 24.2.